The number of anilines is 2. The van der Waals surface area contributed by atoms with Crippen LogP contribution in [0.2, 0.25) is 0 Å². The van der Waals surface area contributed by atoms with Gasteiger partial charge in [-0.2, -0.15) is 4.98 Å². The van der Waals surface area contributed by atoms with Gasteiger partial charge >= 0.3 is 6.01 Å². The van der Waals surface area contributed by atoms with Crippen molar-refractivity contribution in [1.29, 1.82) is 0 Å². The topological polar surface area (TPSA) is 128 Å². The molecule has 0 radical (unpaired) electrons. The van der Waals surface area contributed by atoms with Gasteiger partial charge in [0.05, 0.1) is 10.6 Å². The molecule has 4 rings (SSSR count). The van der Waals surface area contributed by atoms with Gasteiger partial charge in [0.15, 0.2) is 5.69 Å². The first-order chi connectivity index (χ1) is 13.2. The highest BCUT2D eigenvalue weighted by molar-refractivity contribution is 7.12. The van der Waals surface area contributed by atoms with E-state index in [1.807, 2.05) is 0 Å². The number of thiophene rings is 1. The average molecular weight is 381 g/mol. The van der Waals surface area contributed by atoms with E-state index in [-0.39, 0.29) is 17.6 Å². The van der Waals surface area contributed by atoms with Gasteiger partial charge < -0.3 is 9.73 Å². The van der Waals surface area contributed by atoms with Crippen LogP contribution in [0.25, 0.3) is 5.69 Å². The predicted octanol–water partition coefficient (Wildman–Crippen LogP) is 2.22. The summed E-state index contributed by atoms with van der Waals surface area (Å²) in [6.45, 7) is 0. The maximum absolute atomic E-state index is 12.3. The van der Waals surface area contributed by atoms with E-state index in [4.69, 9.17) is 4.42 Å². The van der Waals surface area contributed by atoms with E-state index >= 15 is 0 Å². The zero-order valence-electron chi connectivity index (χ0n) is 13.6. The van der Waals surface area contributed by atoms with E-state index in [0.29, 0.717) is 10.6 Å². The largest absolute Gasteiger partial charge is 0.431 e. The molecule has 0 bridgehead atoms. The molecule has 27 heavy (non-hydrogen) atoms. The van der Waals surface area contributed by atoms with E-state index in [1.165, 1.54) is 28.6 Å². The summed E-state index contributed by atoms with van der Waals surface area (Å²) in [5.74, 6) is -0.817. The maximum Gasteiger partial charge on any atom is 0.302 e. The maximum atomic E-state index is 12.3. The number of carbonyl (C=O) groups excluding carboxylic acids is 2. The number of hydrogen-bond donors (Lipinski definition) is 2. The molecule has 2 N–H and O–H groups in total. The molecule has 10 nitrogen and oxygen atoms in total. The van der Waals surface area contributed by atoms with Gasteiger partial charge in [-0.1, -0.05) is 6.07 Å². The molecular formula is C16H11N7O3S. The Kier molecular flexibility index (Phi) is 4.41. The first-order valence-electron chi connectivity index (χ1n) is 7.64. The van der Waals surface area contributed by atoms with Crippen molar-refractivity contribution in [2.24, 2.45) is 0 Å². The van der Waals surface area contributed by atoms with Crippen molar-refractivity contribution in [3.05, 3.63) is 64.9 Å². The molecule has 2 amide bonds. The lowest BCUT2D eigenvalue weighted by Crippen LogP contribution is -2.14. The van der Waals surface area contributed by atoms with Crippen LogP contribution in [0.5, 0.6) is 0 Å². The Morgan fingerprint density at radius 2 is 1.93 bits per heavy atom. The van der Waals surface area contributed by atoms with E-state index in [0.717, 1.165) is 5.69 Å². The number of nitrogens with zero attached hydrogens (tertiary/aromatic N) is 5. The quantitative estimate of drug-likeness (QED) is 0.542. The van der Waals surface area contributed by atoms with Gasteiger partial charge in [0.2, 0.25) is 0 Å². The summed E-state index contributed by atoms with van der Waals surface area (Å²) in [5.41, 5.74) is 1.35. The second kappa shape index (κ2) is 7.17. The van der Waals surface area contributed by atoms with E-state index in [9.17, 15) is 9.59 Å². The fraction of sp³-hybridized carbons (Fsp3) is 0. The second-order valence-corrected chi connectivity index (χ2v) is 6.17. The molecule has 0 aliphatic carbocycles. The molecule has 0 fully saturated rings. The third-order valence-electron chi connectivity index (χ3n) is 3.44. The standard InChI is InChI=1S/C16H11N7O3S/c24-14(18-10-3-5-11(6-4-10)23-9-17-21-22-23)12-8-26-16(19-12)20-15(25)13-2-1-7-27-13/h1-9H,(H,18,24)(H,19,20,25). The number of tetrazole rings is 1. The van der Waals surface area contributed by atoms with Gasteiger partial charge in [-0.05, 0) is 46.1 Å². The zero-order valence-corrected chi connectivity index (χ0v) is 14.4. The predicted molar refractivity (Wildman–Crippen MR) is 95.9 cm³/mol. The van der Waals surface area contributed by atoms with Crippen LogP contribution in [0.15, 0.2) is 58.8 Å². The minimum absolute atomic E-state index is 0.0426. The minimum Gasteiger partial charge on any atom is -0.431 e. The van der Waals surface area contributed by atoms with Crippen LogP contribution in [0.3, 0.4) is 0 Å². The molecule has 0 aliphatic heterocycles. The number of aromatic nitrogens is 5. The van der Waals surface area contributed by atoms with Crippen LogP contribution in [0.1, 0.15) is 20.2 Å². The van der Waals surface area contributed by atoms with Crippen molar-refractivity contribution in [3.8, 4) is 5.69 Å². The molecule has 0 spiro atoms. The monoisotopic (exact) mass is 381 g/mol. The lowest BCUT2D eigenvalue weighted by Gasteiger charge is -2.04. The fourth-order valence-electron chi connectivity index (χ4n) is 2.17. The molecular weight excluding hydrogens is 370 g/mol. The van der Waals surface area contributed by atoms with Crippen molar-refractivity contribution >= 4 is 34.9 Å². The van der Waals surface area contributed by atoms with Gasteiger partial charge in [-0.25, -0.2) is 4.68 Å². The number of hydrogen-bond acceptors (Lipinski definition) is 8. The highest BCUT2D eigenvalue weighted by Crippen LogP contribution is 2.16. The summed E-state index contributed by atoms with van der Waals surface area (Å²) in [6, 6.07) is 10.3. The van der Waals surface area contributed by atoms with Gasteiger partial charge in [0.25, 0.3) is 11.8 Å². The van der Waals surface area contributed by atoms with Crippen LogP contribution in [0.4, 0.5) is 11.7 Å². The number of rotatable bonds is 5. The lowest BCUT2D eigenvalue weighted by atomic mass is 10.2. The van der Waals surface area contributed by atoms with Crippen LogP contribution in [-0.4, -0.2) is 37.0 Å². The Bertz CT molecular complexity index is 1060. The molecule has 0 unspecified atom stereocenters. The van der Waals surface area contributed by atoms with E-state index in [2.05, 4.69) is 31.1 Å². The Hall–Kier alpha value is -3.86. The highest BCUT2D eigenvalue weighted by atomic mass is 32.1. The Labute approximate surface area is 155 Å². The SMILES string of the molecule is O=C(Nc1ccc(-n2cnnn2)cc1)c1coc(NC(=O)c2cccs2)n1. The molecule has 1 aromatic carbocycles. The van der Waals surface area contributed by atoms with Gasteiger partial charge in [0, 0.05) is 5.69 Å². The molecule has 11 heteroatoms. The van der Waals surface area contributed by atoms with Gasteiger partial charge in [-0.3, -0.25) is 14.9 Å². The van der Waals surface area contributed by atoms with Crippen LogP contribution >= 0.6 is 11.3 Å². The molecule has 0 atom stereocenters. The first-order valence-corrected chi connectivity index (χ1v) is 8.52. The van der Waals surface area contributed by atoms with Gasteiger partial charge in [0.1, 0.15) is 12.6 Å². The van der Waals surface area contributed by atoms with E-state index in [1.54, 1.807) is 41.8 Å². The zero-order chi connectivity index (χ0) is 18.6. The van der Waals surface area contributed by atoms with Crippen molar-refractivity contribution in [2.45, 2.75) is 0 Å². The third kappa shape index (κ3) is 3.72. The number of benzene rings is 1. The summed E-state index contributed by atoms with van der Waals surface area (Å²) < 4.78 is 6.63. The molecule has 3 aromatic heterocycles. The fourth-order valence-corrected chi connectivity index (χ4v) is 2.79. The van der Waals surface area contributed by atoms with Gasteiger partial charge in [-0.15, -0.1) is 16.4 Å². The number of nitrogens with one attached hydrogen (secondary N) is 2. The Morgan fingerprint density at radius 1 is 1.07 bits per heavy atom. The van der Waals surface area contributed by atoms with Crippen LogP contribution < -0.4 is 10.6 Å². The van der Waals surface area contributed by atoms with E-state index < -0.39 is 5.91 Å². The smallest absolute Gasteiger partial charge is 0.302 e. The molecule has 3 heterocycles. The van der Waals surface area contributed by atoms with Crippen LogP contribution in [-0.2, 0) is 0 Å². The third-order valence-corrected chi connectivity index (χ3v) is 4.31. The van der Waals surface area contributed by atoms with Crippen molar-refractivity contribution < 1.29 is 14.0 Å². The van der Waals surface area contributed by atoms with Crippen molar-refractivity contribution in [3.63, 3.8) is 0 Å². The van der Waals surface area contributed by atoms with Crippen molar-refractivity contribution in [2.75, 3.05) is 10.6 Å². The molecule has 4 aromatic rings. The summed E-state index contributed by atoms with van der Waals surface area (Å²) in [6.07, 6.45) is 2.64. The summed E-state index contributed by atoms with van der Waals surface area (Å²) in [7, 11) is 0. The number of amides is 2. The highest BCUT2D eigenvalue weighted by Gasteiger charge is 2.15. The second-order valence-electron chi connectivity index (χ2n) is 5.22. The van der Waals surface area contributed by atoms with Crippen LogP contribution in [0, 0.1) is 0 Å². The Morgan fingerprint density at radius 3 is 2.63 bits per heavy atom. The number of carbonyl (C=O) groups is 2. The molecule has 0 saturated heterocycles. The Balaban J connectivity index is 1.40. The molecule has 0 aliphatic rings. The normalized spacial score (nSPS) is 10.5. The first kappa shape index (κ1) is 16.6. The minimum atomic E-state index is -0.467. The summed E-state index contributed by atoms with van der Waals surface area (Å²) in [4.78, 5) is 28.7. The average Bonchev–Trinajstić information content (AvgIpc) is 3.44. The molecule has 0 saturated carbocycles. The van der Waals surface area contributed by atoms with Crippen molar-refractivity contribution in [1.82, 2.24) is 25.2 Å². The lowest BCUT2D eigenvalue weighted by molar-refractivity contribution is 0.101. The molecule has 134 valence electrons. The summed E-state index contributed by atoms with van der Waals surface area (Å²) in [5, 5.41) is 17.9. The number of oxazole rings is 1. The summed E-state index contributed by atoms with van der Waals surface area (Å²) >= 11 is 1.29.